The number of aromatic nitrogens is 2. The Morgan fingerprint density at radius 3 is 2.86 bits per heavy atom. The molecule has 0 amide bonds. The van der Waals surface area contributed by atoms with E-state index in [2.05, 4.69) is 25.9 Å². The quantitative estimate of drug-likeness (QED) is 0.456. The number of aromatic hydroxyl groups is 1. The van der Waals surface area contributed by atoms with Gasteiger partial charge in [0.2, 0.25) is 5.95 Å². The van der Waals surface area contributed by atoms with Gasteiger partial charge in [-0.25, -0.2) is 9.37 Å². The maximum atomic E-state index is 14.2. The number of benzene rings is 2. The molecule has 1 aliphatic rings. The van der Waals surface area contributed by atoms with Crippen LogP contribution in [0.4, 0.5) is 33.2 Å². The SMILES string of the molecule is Cc1cc(Nc2ncc(F)c(Nc3ccc4c(c3)NC=CO4)n2)cc(Cl)c1O. The van der Waals surface area contributed by atoms with E-state index in [1.807, 2.05) is 0 Å². The molecule has 0 bridgehead atoms. The summed E-state index contributed by atoms with van der Waals surface area (Å²) in [6.45, 7) is 1.72. The van der Waals surface area contributed by atoms with E-state index in [9.17, 15) is 9.50 Å². The second-order valence-electron chi connectivity index (χ2n) is 6.04. The fourth-order valence-electron chi connectivity index (χ4n) is 2.64. The lowest BCUT2D eigenvalue weighted by Gasteiger charge is -2.15. The number of halogens is 2. The molecule has 3 aromatic rings. The van der Waals surface area contributed by atoms with Crippen molar-refractivity contribution >= 4 is 40.4 Å². The van der Waals surface area contributed by atoms with Crippen LogP contribution in [0, 0.1) is 12.7 Å². The molecule has 1 aliphatic heterocycles. The molecule has 1 aromatic heterocycles. The highest BCUT2D eigenvalue weighted by Gasteiger charge is 2.12. The Bertz CT molecular complexity index is 1070. The molecular weight excluding hydrogens is 385 g/mol. The standard InChI is InChI=1S/C19H15ClFN5O2/c1-10-6-12(7-13(20)17(10)27)25-19-23-9-14(21)18(26-19)24-11-2-3-16-15(8-11)22-4-5-28-16/h2-9,22,27H,1H3,(H2,23,24,25,26). The summed E-state index contributed by atoms with van der Waals surface area (Å²) in [6, 6.07) is 8.50. The molecular formula is C19H15ClFN5O2. The Labute approximate surface area is 164 Å². The van der Waals surface area contributed by atoms with Crippen molar-refractivity contribution < 1.29 is 14.2 Å². The fraction of sp³-hybridized carbons (Fsp3) is 0.0526. The van der Waals surface area contributed by atoms with E-state index in [0.717, 1.165) is 11.9 Å². The van der Waals surface area contributed by atoms with Crippen molar-refractivity contribution in [1.82, 2.24) is 9.97 Å². The van der Waals surface area contributed by atoms with Gasteiger partial charge in [0.1, 0.15) is 17.8 Å². The molecule has 0 fully saturated rings. The topological polar surface area (TPSA) is 91.3 Å². The van der Waals surface area contributed by atoms with Crippen LogP contribution in [-0.2, 0) is 0 Å². The lowest BCUT2D eigenvalue weighted by Crippen LogP contribution is -2.04. The molecule has 4 rings (SSSR count). The first-order valence-corrected chi connectivity index (χ1v) is 8.65. The first kappa shape index (κ1) is 17.9. The van der Waals surface area contributed by atoms with Crippen LogP contribution in [0.25, 0.3) is 0 Å². The van der Waals surface area contributed by atoms with Crippen LogP contribution in [0.3, 0.4) is 0 Å². The zero-order valence-corrected chi connectivity index (χ0v) is 15.4. The van der Waals surface area contributed by atoms with Crippen LogP contribution in [0.1, 0.15) is 5.56 Å². The third-order valence-electron chi connectivity index (χ3n) is 4.00. The van der Waals surface area contributed by atoms with Gasteiger partial charge in [-0.15, -0.1) is 0 Å². The number of aryl methyl sites for hydroxylation is 1. The number of ether oxygens (including phenoxy) is 1. The largest absolute Gasteiger partial charge is 0.506 e. The van der Waals surface area contributed by atoms with Crippen molar-refractivity contribution in [3.63, 3.8) is 0 Å². The van der Waals surface area contributed by atoms with Gasteiger partial charge in [-0.1, -0.05) is 11.6 Å². The summed E-state index contributed by atoms with van der Waals surface area (Å²) in [5.74, 6) is 0.249. The van der Waals surface area contributed by atoms with Gasteiger partial charge in [-0.2, -0.15) is 4.98 Å². The minimum Gasteiger partial charge on any atom is -0.506 e. The van der Waals surface area contributed by atoms with Crippen LogP contribution in [0.2, 0.25) is 5.02 Å². The second kappa shape index (κ2) is 7.24. The molecule has 0 aliphatic carbocycles. The molecule has 7 nitrogen and oxygen atoms in total. The molecule has 28 heavy (non-hydrogen) atoms. The highest BCUT2D eigenvalue weighted by molar-refractivity contribution is 6.32. The van der Waals surface area contributed by atoms with Gasteiger partial charge in [0.15, 0.2) is 11.6 Å². The Hall–Kier alpha value is -3.52. The maximum absolute atomic E-state index is 14.2. The number of nitrogens with zero attached hydrogens (tertiary/aromatic N) is 2. The van der Waals surface area contributed by atoms with Crippen molar-refractivity contribution in [1.29, 1.82) is 0 Å². The average molecular weight is 400 g/mol. The fourth-order valence-corrected chi connectivity index (χ4v) is 2.91. The number of nitrogens with one attached hydrogen (secondary N) is 3. The van der Waals surface area contributed by atoms with Gasteiger partial charge in [-0.3, -0.25) is 0 Å². The average Bonchev–Trinajstić information content (AvgIpc) is 2.68. The molecule has 0 radical (unpaired) electrons. The molecule has 9 heteroatoms. The van der Waals surface area contributed by atoms with Crippen LogP contribution >= 0.6 is 11.6 Å². The monoisotopic (exact) mass is 399 g/mol. The predicted octanol–water partition coefficient (Wildman–Crippen LogP) is 5.05. The molecule has 0 saturated heterocycles. The minimum atomic E-state index is -0.604. The van der Waals surface area contributed by atoms with Crippen molar-refractivity contribution in [2.24, 2.45) is 0 Å². The van der Waals surface area contributed by atoms with E-state index in [-0.39, 0.29) is 22.5 Å². The summed E-state index contributed by atoms with van der Waals surface area (Å²) in [6.07, 6.45) is 4.26. The molecule has 142 valence electrons. The van der Waals surface area contributed by atoms with E-state index in [1.165, 1.54) is 12.3 Å². The van der Waals surface area contributed by atoms with Gasteiger partial charge in [0.05, 0.1) is 16.9 Å². The second-order valence-corrected chi connectivity index (χ2v) is 6.45. The van der Waals surface area contributed by atoms with Gasteiger partial charge in [0.25, 0.3) is 0 Å². The summed E-state index contributed by atoms with van der Waals surface area (Å²) in [4.78, 5) is 8.12. The first-order chi connectivity index (χ1) is 13.5. The van der Waals surface area contributed by atoms with Gasteiger partial charge >= 0.3 is 0 Å². The van der Waals surface area contributed by atoms with Crippen molar-refractivity contribution in [2.45, 2.75) is 6.92 Å². The van der Waals surface area contributed by atoms with Crippen LogP contribution in [0.5, 0.6) is 11.5 Å². The number of hydrogen-bond acceptors (Lipinski definition) is 7. The number of hydrogen-bond donors (Lipinski definition) is 4. The Balaban J connectivity index is 1.58. The molecule has 2 heterocycles. The molecule has 4 N–H and O–H groups in total. The number of phenols is 1. The molecule has 0 spiro atoms. The highest BCUT2D eigenvalue weighted by atomic mass is 35.5. The highest BCUT2D eigenvalue weighted by Crippen LogP contribution is 2.33. The van der Waals surface area contributed by atoms with Crippen LogP contribution in [-0.4, -0.2) is 15.1 Å². The van der Waals surface area contributed by atoms with Crippen molar-refractivity contribution in [2.75, 3.05) is 16.0 Å². The van der Waals surface area contributed by atoms with E-state index in [0.29, 0.717) is 22.7 Å². The minimum absolute atomic E-state index is 0.00585. The van der Waals surface area contributed by atoms with E-state index in [4.69, 9.17) is 16.3 Å². The summed E-state index contributed by atoms with van der Waals surface area (Å²) in [5, 5.41) is 18.9. The number of fused-ring (bicyclic) bond motifs is 1. The third kappa shape index (κ3) is 3.63. The van der Waals surface area contributed by atoms with E-state index < -0.39 is 5.82 Å². The number of phenolic OH excluding ortho intramolecular Hbond substituents is 1. The van der Waals surface area contributed by atoms with Crippen molar-refractivity contribution in [3.05, 3.63) is 65.4 Å². The predicted molar refractivity (Wildman–Crippen MR) is 106 cm³/mol. The zero-order valence-electron chi connectivity index (χ0n) is 14.6. The Kier molecular flexibility index (Phi) is 4.62. The summed E-state index contributed by atoms with van der Waals surface area (Å²) < 4.78 is 19.5. The van der Waals surface area contributed by atoms with Crippen LogP contribution < -0.4 is 20.7 Å². The van der Waals surface area contributed by atoms with Gasteiger partial charge < -0.3 is 25.8 Å². The van der Waals surface area contributed by atoms with Gasteiger partial charge in [-0.05, 0) is 42.8 Å². The molecule has 0 unspecified atom stereocenters. The van der Waals surface area contributed by atoms with Crippen molar-refractivity contribution in [3.8, 4) is 11.5 Å². The summed E-state index contributed by atoms with van der Waals surface area (Å²) >= 11 is 5.98. The molecule has 0 saturated carbocycles. The Morgan fingerprint density at radius 1 is 1.18 bits per heavy atom. The summed E-state index contributed by atoms with van der Waals surface area (Å²) in [5.41, 5.74) is 2.53. The van der Waals surface area contributed by atoms with Crippen LogP contribution in [0.15, 0.2) is 49.0 Å². The Morgan fingerprint density at radius 2 is 2.04 bits per heavy atom. The van der Waals surface area contributed by atoms with Gasteiger partial charge in [0, 0.05) is 17.6 Å². The maximum Gasteiger partial charge on any atom is 0.229 e. The molecule has 0 atom stereocenters. The normalized spacial score (nSPS) is 12.0. The molecule has 2 aromatic carbocycles. The zero-order chi connectivity index (χ0) is 19.7. The lowest BCUT2D eigenvalue weighted by molar-refractivity contribution is 0.471. The number of anilines is 5. The smallest absolute Gasteiger partial charge is 0.229 e. The van der Waals surface area contributed by atoms with E-state index in [1.54, 1.807) is 37.4 Å². The third-order valence-corrected chi connectivity index (χ3v) is 4.29. The number of rotatable bonds is 4. The lowest BCUT2D eigenvalue weighted by atomic mass is 10.2. The summed E-state index contributed by atoms with van der Waals surface area (Å²) in [7, 11) is 0. The van der Waals surface area contributed by atoms with E-state index >= 15 is 0 Å². The first-order valence-electron chi connectivity index (χ1n) is 8.27.